The monoisotopic (exact) mass is 310 g/mol. The molecule has 1 rings (SSSR count). The smallest absolute Gasteiger partial charge is 0.237 e. The Balaban J connectivity index is 2.58. The van der Waals surface area contributed by atoms with E-state index in [9.17, 15) is 4.79 Å². The third-order valence-electron chi connectivity index (χ3n) is 3.23. The molecule has 5 heteroatoms. The highest BCUT2D eigenvalue weighted by Gasteiger charge is 2.16. The van der Waals surface area contributed by atoms with Crippen LogP contribution in [0.2, 0.25) is 0 Å². The van der Waals surface area contributed by atoms with E-state index in [2.05, 4.69) is 13.5 Å². The van der Waals surface area contributed by atoms with Crippen molar-refractivity contribution in [3.63, 3.8) is 0 Å². The molecule has 0 aliphatic heterocycles. The molecule has 0 bridgehead atoms. The van der Waals surface area contributed by atoms with E-state index in [0.29, 0.717) is 26.2 Å². The van der Waals surface area contributed by atoms with Crippen LogP contribution < -0.4 is 0 Å². The van der Waals surface area contributed by atoms with Gasteiger partial charge >= 0.3 is 0 Å². The van der Waals surface area contributed by atoms with Crippen molar-refractivity contribution >= 4 is 17.2 Å². The van der Waals surface area contributed by atoms with Crippen molar-refractivity contribution in [2.45, 2.75) is 26.3 Å². The van der Waals surface area contributed by atoms with Crippen molar-refractivity contribution in [3.05, 3.63) is 35.0 Å². The largest absolute Gasteiger partial charge is 0.395 e. The van der Waals surface area contributed by atoms with E-state index in [1.165, 1.54) is 4.88 Å². The Morgan fingerprint density at radius 1 is 1.48 bits per heavy atom. The van der Waals surface area contributed by atoms with Crippen LogP contribution in [-0.2, 0) is 11.3 Å². The van der Waals surface area contributed by atoms with Gasteiger partial charge in [-0.3, -0.25) is 9.69 Å². The fourth-order valence-corrected chi connectivity index (χ4v) is 2.80. The Bertz CT molecular complexity index is 406. The second-order valence-corrected chi connectivity index (χ2v) is 6.03. The first kappa shape index (κ1) is 17.9. The van der Waals surface area contributed by atoms with Gasteiger partial charge in [-0.25, -0.2) is 0 Å². The molecule has 0 aromatic carbocycles. The third kappa shape index (κ3) is 6.89. The summed E-state index contributed by atoms with van der Waals surface area (Å²) in [5.74, 6) is 0.0906. The van der Waals surface area contributed by atoms with Crippen molar-refractivity contribution in [1.29, 1.82) is 0 Å². The van der Waals surface area contributed by atoms with Gasteiger partial charge in [0.05, 0.1) is 19.7 Å². The maximum Gasteiger partial charge on any atom is 0.237 e. The van der Waals surface area contributed by atoms with Crippen molar-refractivity contribution in [3.8, 4) is 0 Å². The summed E-state index contributed by atoms with van der Waals surface area (Å²) >= 11 is 1.66. The summed E-state index contributed by atoms with van der Waals surface area (Å²) in [6.45, 7) is 8.89. The summed E-state index contributed by atoms with van der Waals surface area (Å²) in [5.41, 5.74) is 0. The van der Waals surface area contributed by atoms with E-state index in [0.717, 1.165) is 19.4 Å². The van der Waals surface area contributed by atoms with Gasteiger partial charge in [-0.2, -0.15) is 0 Å². The third-order valence-corrected chi connectivity index (χ3v) is 4.09. The van der Waals surface area contributed by atoms with Crippen molar-refractivity contribution in [2.75, 3.05) is 32.8 Å². The molecule has 1 amide bonds. The quantitative estimate of drug-likeness (QED) is 0.638. The molecule has 0 aliphatic rings. The number of amides is 1. The normalized spacial score (nSPS) is 10.8. The van der Waals surface area contributed by atoms with E-state index in [-0.39, 0.29) is 12.5 Å². The van der Waals surface area contributed by atoms with Crippen LogP contribution in [0, 0.1) is 0 Å². The predicted octanol–water partition coefficient (Wildman–Crippen LogP) is 2.36. The van der Waals surface area contributed by atoms with Crippen LogP contribution in [0.1, 0.15) is 24.6 Å². The lowest BCUT2D eigenvalue weighted by Gasteiger charge is -2.26. The zero-order valence-electron chi connectivity index (χ0n) is 12.8. The molecule has 118 valence electrons. The van der Waals surface area contributed by atoms with Gasteiger partial charge in [0.2, 0.25) is 5.91 Å². The van der Waals surface area contributed by atoms with Gasteiger partial charge < -0.3 is 10.0 Å². The molecule has 0 aliphatic carbocycles. The number of unbranched alkanes of at least 4 members (excludes halogenated alkanes) is 1. The maximum absolute atomic E-state index is 12.5. The molecule has 0 spiro atoms. The maximum atomic E-state index is 12.5. The number of hydrogen-bond donors (Lipinski definition) is 1. The molecule has 21 heavy (non-hydrogen) atoms. The highest BCUT2D eigenvalue weighted by molar-refractivity contribution is 7.09. The Kier molecular flexibility index (Phi) is 8.98. The molecule has 1 N–H and O–H groups in total. The fraction of sp³-hybridized carbons (Fsp3) is 0.562. The first-order chi connectivity index (χ1) is 10.2. The second-order valence-electron chi connectivity index (χ2n) is 5.00. The number of nitrogens with zero attached hydrogens (tertiary/aromatic N) is 2. The molecular weight excluding hydrogens is 284 g/mol. The van der Waals surface area contributed by atoms with Gasteiger partial charge in [-0.15, -0.1) is 17.9 Å². The van der Waals surface area contributed by atoms with Crippen molar-refractivity contribution in [1.82, 2.24) is 9.80 Å². The van der Waals surface area contributed by atoms with Crippen LogP contribution in [-0.4, -0.2) is 53.6 Å². The highest BCUT2D eigenvalue weighted by Crippen LogP contribution is 2.12. The summed E-state index contributed by atoms with van der Waals surface area (Å²) in [7, 11) is 0. The first-order valence-electron chi connectivity index (χ1n) is 7.45. The summed E-state index contributed by atoms with van der Waals surface area (Å²) in [6.07, 6.45) is 3.88. The number of aliphatic hydroxyl groups excluding tert-OH is 1. The Hall–Kier alpha value is -1.17. The molecule has 1 aromatic heterocycles. The number of thiophene rings is 1. The number of aliphatic hydroxyl groups is 1. The average Bonchev–Trinajstić information content (AvgIpc) is 2.97. The van der Waals surface area contributed by atoms with Crippen LogP contribution in [0.5, 0.6) is 0 Å². The minimum atomic E-state index is 0.0867. The van der Waals surface area contributed by atoms with Crippen LogP contribution in [0.4, 0.5) is 0 Å². The van der Waals surface area contributed by atoms with Gasteiger partial charge in [0.15, 0.2) is 0 Å². The molecule has 1 aromatic rings. The number of carbonyl (C=O) groups excluding carboxylic acids is 1. The van der Waals surface area contributed by atoms with E-state index in [4.69, 9.17) is 5.11 Å². The molecule has 1 heterocycles. The predicted molar refractivity (Wildman–Crippen MR) is 88.4 cm³/mol. The molecule has 0 saturated carbocycles. The van der Waals surface area contributed by atoms with Crippen molar-refractivity contribution < 1.29 is 9.90 Å². The lowest BCUT2D eigenvalue weighted by molar-refractivity contribution is -0.132. The minimum absolute atomic E-state index is 0.0867. The topological polar surface area (TPSA) is 43.8 Å². The van der Waals surface area contributed by atoms with Crippen LogP contribution in [0.3, 0.4) is 0 Å². The van der Waals surface area contributed by atoms with Gasteiger partial charge in [0, 0.05) is 18.0 Å². The van der Waals surface area contributed by atoms with Crippen LogP contribution >= 0.6 is 11.3 Å². The van der Waals surface area contributed by atoms with E-state index < -0.39 is 0 Å². The molecule has 0 radical (unpaired) electrons. The summed E-state index contributed by atoms with van der Waals surface area (Å²) in [4.78, 5) is 17.5. The van der Waals surface area contributed by atoms with Crippen molar-refractivity contribution in [2.24, 2.45) is 0 Å². The molecule has 0 saturated heterocycles. The fourth-order valence-electron chi connectivity index (χ4n) is 2.09. The summed E-state index contributed by atoms with van der Waals surface area (Å²) in [6, 6.07) is 4.03. The zero-order valence-corrected chi connectivity index (χ0v) is 13.6. The minimum Gasteiger partial charge on any atom is -0.395 e. The molecule has 4 nitrogen and oxygen atoms in total. The second kappa shape index (κ2) is 10.5. The standard InChI is InChI=1S/C16H26N2O2S/c1-3-5-9-17(10-11-19)14-16(20)18(8-4-2)13-15-7-6-12-21-15/h4,6-7,12,19H,2-3,5,8-11,13-14H2,1H3. The Labute approximate surface area is 131 Å². The lowest BCUT2D eigenvalue weighted by Crippen LogP contribution is -2.41. The van der Waals surface area contributed by atoms with Gasteiger partial charge in [0.1, 0.15) is 0 Å². The molecule has 0 fully saturated rings. The molecule has 0 atom stereocenters. The van der Waals surface area contributed by atoms with E-state index in [1.54, 1.807) is 17.4 Å². The Morgan fingerprint density at radius 3 is 2.86 bits per heavy atom. The Morgan fingerprint density at radius 2 is 2.29 bits per heavy atom. The average molecular weight is 310 g/mol. The molecular formula is C16H26N2O2S. The summed E-state index contributed by atoms with van der Waals surface area (Å²) in [5, 5.41) is 11.1. The number of carbonyl (C=O) groups is 1. The zero-order chi connectivity index (χ0) is 15.5. The SMILES string of the molecule is C=CCN(Cc1cccs1)C(=O)CN(CCO)CCCC. The van der Waals surface area contributed by atoms with E-state index in [1.807, 2.05) is 27.3 Å². The lowest BCUT2D eigenvalue weighted by atomic mass is 10.3. The molecule has 0 unspecified atom stereocenters. The highest BCUT2D eigenvalue weighted by atomic mass is 32.1. The van der Waals surface area contributed by atoms with E-state index >= 15 is 0 Å². The van der Waals surface area contributed by atoms with Crippen LogP contribution in [0.25, 0.3) is 0 Å². The number of rotatable bonds is 11. The van der Waals surface area contributed by atoms with Gasteiger partial charge in [0.25, 0.3) is 0 Å². The van der Waals surface area contributed by atoms with Gasteiger partial charge in [-0.05, 0) is 24.4 Å². The first-order valence-corrected chi connectivity index (χ1v) is 8.33. The summed E-state index contributed by atoms with van der Waals surface area (Å²) < 4.78 is 0. The van der Waals surface area contributed by atoms with Gasteiger partial charge in [-0.1, -0.05) is 25.5 Å². The van der Waals surface area contributed by atoms with Crippen LogP contribution in [0.15, 0.2) is 30.2 Å². The number of hydrogen-bond acceptors (Lipinski definition) is 4.